The molecule has 0 unspecified atom stereocenters. The number of anilines is 1. The maximum atomic E-state index is 11.9. The Labute approximate surface area is 181 Å². The fraction of sp³-hybridized carbons (Fsp3) is 0.273. The summed E-state index contributed by atoms with van der Waals surface area (Å²) in [6.45, 7) is 0.321. The standard InChI is InChI=1S/C22H25N3O4S/c1-23-21(28)17-9-11-18(12-10-17)24-22(30)25-19(26)13-14-20(27)29-15-5-8-16-6-3-2-4-7-16/h2-4,6-7,9-12H,5,8,13-15H2,1H3,(H,23,28)(H2,24,25,26,30). The third-order valence-corrected chi connectivity index (χ3v) is 4.36. The van der Waals surface area contributed by atoms with Crippen molar-refractivity contribution in [2.75, 3.05) is 19.0 Å². The molecule has 0 aliphatic heterocycles. The average molecular weight is 428 g/mol. The van der Waals surface area contributed by atoms with Gasteiger partial charge in [-0.15, -0.1) is 0 Å². The summed E-state index contributed by atoms with van der Waals surface area (Å²) < 4.78 is 5.15. The number of nitrogens with one attached hydrogen (secondary N) is 3. The van der Waals surface area contributed by atoms with Crippen molar-refractivity contribution < 1.29 is 19.1 Å². The van der Waals surface area contributed by atoms with Gasteiger partial charge in [0.25, 0.3) is 5.91 Å². The van der Waals surface area contributed by atoms with Crippen molar-refractivity contribution in [3.63, 3.8) is 0 Å². The summed E-state index contributed by atoms with van der Waals surface area (Å²) in [7, 11) is 1.56. The van der Waals surface area contributed by atoms with Crippen LogP contribution >= 0.6 is 12.2 Å². The quantitative estimate of drug-likeness (QED) is 0.324. The second kappa shape index (κ2) is 12.3. The number of hydrogen-bond donors (Lipinski definition) is 3. The molecule has 8 heteroatoms. The molecule has 0 bridgehead atoms. The highest BCUT2D eigenvalue weighted by atomic mass is 32.1. The van der Waals surface area contributed by atoms with E-state index in [-0.39, 0.29) is 29.8 Å². The van der Waals surface area contributed by atoms with Crippen LogP contribution in [0.4, 0.5) is 5.69 Å². The fourth-order valence-corrected chi connectivity index (χ4v) is 2.83. The minimum Gasteiger partial charge on any atom is -0.466 e. The van der Waals surface area contributed by atoms with Gasteiger partial charge in [0.2, 0.25) is 5.91 Å². The van der Waals surface area contributed by atoms with Crippen LogP contribution in [0.15, 0.2) is 54.6 Å². The molecule has 2 aromatic rings. The van der Waals surface area contributed by atoms with Crippen LogP contribution in [0.2, 0.25) is 0 Å². The summed E-state index contributed by atoms with van der Waals surface area (Å²) in [5.74, 6) is -0.984. The Morgan fingerprint density at radius 1 is 0.967 bits per heavy atom. The zero-order chi connectivity index (χ0) is 21.8. The first-order valence-electron chi connectivity index (χ1n) is 9.60. The topological polar surface area (TPSA) is 96.5 Å². The third kappa shape index (κ3) is 8.40. The maximum Gasteiger partial charge on any atom is 0.306 e. The van der Waals surface area contributed by atoms with E-state index < -0.39 is 5.97 Å². The number of carbonyl (C=O) groups is 3. The van der Waals surface area contributed by atoms with E-state index in [4.69, 9.17) is 17.0 Å². The number of benzene rings is 2. The van der Waals surface area contributed by atoms with E-state index in [1.807, 2.05) is 30.3 Å². The summed E-state index contributed by atoms with van der Waals surface area (Å²) in [6.07, 6.45) is 1.53. The number of aryl methyl sites for hydroxylation is 1. The highest BCUT2D eigenvalue weighted by molar-refractivity contribution is 7.80. The van der Waals surface area contributed by atoms with Crippen molar-refractivity contribution in [3.8, 4) is 0 Å². The summed E-state index contributed by atoms with van der Waals surface area (Å²) in [5, 5.41) is 8.02. The van der Waals surface area contributed by atoms with Gasteiger partial charge in [-0.1, -0.05) is 30.3 Å². The molecule has 30 heavy (non-hydrogen) atoms. The molecule has 7 nitrogen and oxygen atoms in total. The Morgan fingerprint density at radius 3 is 2.33 bits per heavy atom. The summed E-state index contributed by atoms with van der Waals surface area (Å²) in [6, 6.07) is 16.6. The van der Waals surface area contributed by atoms with Crippen molar-refractivity contribution >= 4 is 40.8 Å². The van der Waals surface area contributed by atoms with Gasteiger partial charge in [-0.3, -0.25) is 14.4 Å². The van der Waals surface area contributed by atoms with Gasteiger partial charge in [0.15, 0.2) is 5.11 Å². The highest BCUT2D eigenvalue weighted by Crippen LogP contribution is 2.09. The predicted molar refractivity (Wildman–Crippen MR) is 119 cm³/mol. The lowest BCUT2D eigenvalue weighted by Gasteiger charge is -2.10. The minimum absolute atomic E-state index is 0.0133. The zero-order valence-corrected chi connectivity index (χ0v) is 17.6. The second-order valence-electron chi connectivity index (χ2n) is 6.47. The van der Waals surface area contributed by atoms with Crippen LogP contribution in [0.5, 0.6) is 0 Å². The highest BCUT2D eigenvalue weighted by Gasteiger charge is 2.10. The summed E-state index contributed by atoms with van der Waals surface area (Å²) >= 11 is 5.09. The van der Waals surface area contributed by atoms with Gasteiger partial charge < -0.3 is 20.7 Å². The Kier molecular flexibility index (Phi) is 9.47. The van der Waals surface area contributed by atoms with Crippen molar-refractivity contribution in [2.45, 2.75) is 25.7 Å². The lowest BCUT2D eigenvalue weighted by molar-refractivity contribution is -0.145. The van der Waals surface area contributed by atoms with Gasteiger partial charge in [0.05, 0.1) is 13.0 Å². The van der Waals surface area contributed by atoms with E-state index in [0.29, 0.717) is 17.9 Å². The Morgan fingerprint density at radius 2 is 1.67 bits per heavy atom. The Hall–Kier alpha value is -3.26. The van der Waals surface area contributed by atoms with Crippen LogP contribution in [0.25, 0.3) is 0 Å². The molecule has 2 amide bonds. The zero-order valence-electron chi connectivity index (χ0n) is 16.8. The largest absolute Gasteiger partial charge is 0.466 e. The van der Waals surface area contributed by atoms with Crippen LogP contribution < -0.4 is 16.0 Å². The first-order chi connectivity index (χ1) is 14.5. The smallest absolute Gasteiger partial charge is 0.306 e. The Bertz CT molecular complexity index is 870. The van der Waals surface area contributed by atoms with Gasteiger partial charge in [-0.25, -0.2) is 0 Å². The number of ether oxygens (including phenoxy) is 1. The molecule has 0 spiro atoms. The van der Waals surface area contributed by atoms with Gasteiger partial charge >= 0.3 is 5.97 Å². The molecular formula is C22H25N3O4S. The number of rotatable bonds is 9. The lowest BCUT2D eigenvalue weighted by atomic mass is 10.1. The van der Waals surface area contributed by atoms with Gasteiger partial charge in [0, 0.05) is 24.7 Å². The molecule has 158 valence electrons. The van der Waals surface area contributed by atoms with Crippen molar-refractivity contribution in [2.24, 2.45) is 0 Å². The van der Waals surface area contributed by atoms with Crippen LogP contribution in [0.3, 0.4) is 0 Å². The van der Waals surface area contributed by atoms with Crippen molar-refractivity contribution in [3.05, 3.63) is 65.7 Å². The molecule has 0 fully saturated rings. The average Bonchev–Trinajstić information content (AvgIpc) is 2.76. The van der Waals surface area contributed by atoms with Crippen LogP contribution in [0, 0.1) is 0 Å². The van der Waals surface area contributed by atoms with Crippen LogP contribution in [-0.2, 0) is 20.7 Å². The van der Waals surface area contributed by atoms with Gasteiger partial charge in [-0.2, -0.15) is 0 Å². The molecule has 2 aromatic carbocycles. The molecule has 0 aliphatic carbocycles. The predicted octanol–water partition coefficient (Wildman–Crippen LogP) is 2.82. The minimum atomic E-state index is -0.415. The number of esters is 1. The molecule has 0 heterocycles. The maximum absolute atomic E-state index is 11.9. The second-order valence-corrected chi connectivity index (χ2v) is 6.88. The molecule has 0 aromatic heterocycles. The summed E-state index contributed by atoms with van der Waals surface area (Å²) in [5.41, 5.74) is 2.34. The molecule has 0 aliphatic rings. The van der Waals surface area contributed by atoms with E-state index in [9.17, 15) is 14.4 Å². The van der Waals surface area contributed by atoms with E-state index in [1.165, 1.54) is 5.56 Å². The van der Waals surface area contributed by atoms with Gasteiger partial charge in [-0.05, 0) is 54.9 Å². The summed E-state index contributed by atoms with van der Waals surface area (Å²) in [4.78, 5) is 35.2. The van der Waals surface area contributed by atoms with E-state index in [0.717, 1.165) is 12.8 Å². The van der Waals surface area contributed by atoms with Crippen LogP contribution in [0.1, 0.15) is 35.2 Å². The molecule has 0 radical (unpaired) electrons. The van der Waals surface area contributed by atoms with Gasteiger partial charge in [0.1, 0.15) is 0 Å². The van der Waals surface area contributed by atoms with E-state index >= 15 is 0 Å². The van der Waals surface area contributed by atoms with E-state index in [2.05, 4.69) is 16.0 Å². The number of hydrogen-bond acceptors (Lipinski definition) is 5. The van der Waals surface area contributed by atoms with Crippen LogP contribution in [-0.4, -0.2) is 36.6 Å². The van der Waals surface area contributed by atoms with Crippen molar-refractivity contribution in [1.82, 2.24) is 10.6 Å². The number of thiocarbonyl (C=S) groups is 1. The monoisotopic (exact) mass is 427 g/mol. The first kappa shape index (κ1) is 23.0. The molecule has 0 saturated carbocycles. The van der Waals surface area contributed by atoms with Crippen molar-refractivity contribution in [1.29, 1.82) is 0 Å². The molecule has 3 N–H and O–H groups in total. The normalized spacial score (nSPS) is 10.0. The number of amides is 2. The molecular weight excluding hydrogens is 402 g/mol. The first-order valence-corrected chi connectivity index (χ1v) is 10.0. The van der Waals surface area contributed by atoms with E-state index in [1.54, 1.807) is 31.3 Å². The molecule has 0 saturated heterocycles. The lowest BCUT2D eigenvalue weighted by Crippen LogP contribution is -2.34. The third-order valence-electron chi connectivity index (χ3n) is 4.16. The SMILES string of the molecule is CNC(=O)c1ccc(NC(=S)NC(=O)CCC(=O)OCCCc2ccccc2)cc1. The Balaban J connectivity index is 1.61. The molecule has 0 atom stereocenters. The number of carbonyl (C=O) groups excluding carboxylic acids is 3. The fourth-order valence-electron chi connectivity index (χ4n) is 2.60. The molecule has 2 rings (SSSR count).